The van der Waals surface area contributed by atoms with Gasteiger partial charge in [0.1, 0.15) is 17.5 Å². The molecule has 0 aliphatic carbocycles. The SMILES string of the molecule is O=C(Nc1ccc(N2CCCN(Cc3ccccc3[N+](=O)[O-])CC2)nc1)c1cc(F)cc(F)c1. The molecule has 1 N–H and O–H groups in total. The van der Waals surface area contributed by atoms with Crippen LogP contribution in [0, 0.1) is 21.7 Å². The fourth-order valence-electron chi connectivity index (χ4n) is 3.96. The molecule has 3 aromatic rings. The summed E-state index contributed by atoms with van der Waals surface area (Å²) in [5, 5.41) is 13.9. The van der Waals surface area contributed by atoms with Crippen LogP contribution in [0.25, 0.3) is 0 Å². The summed E-state index contributed by atoms with van der Waals surface area (Å²) >= 11 is 0. The van der Waals surface area contributed by atoms with E-state index in [2.05, 4.69) is 20.1 Å². The summed E-state index contributed by atoms with van der Waals surface area (Å²) in [6.07, 6.45) is 2.37. The van der Waals surface area contributed by atoms with Crippen molar-refractivity contribution >= 4 is 23.1 Å². The molecule has 0 bridgehead atoms. The number of rotatable bonds is 6. The molecule has 1 aliphatic heterocycles. The minimum Gasteiger partial charge on any atom is -0.355 e. The highest BCUT2D eigenvalue weighted by molar-refractivity contribution is 6.04. The number of nitro benzene ring substituents is 1. The van der Waals surface area contributed by atoms with Gasteiger partial charge in [-0.25, -0.2) is 13.8 Å². The Morgan fingerprint density at radius 2 is 1.79 bits per heavy atom. The van der Waals surface area contributed by atoms with E-state index in [1.807, 2.05) is 6.07 Å². The number of pyridine rings is 1. The smallest absolute Gasteiger partial charge is 0.273 e. The van der Waals surface area contributed by atoms with E-state index in [1.165, 1.54) is 12.3 Å². The minimum atomic E-state index is -0.823. The van der Waals surface area contributed by atoms with Gasteiger partial charge in [-0.15, -0.1) is 0 Å². The maximum Gasteiger partial charge on any atom is 0.273 e. The third-order valence-electron chi connectivity index (χ3n) is 5.63. The number of carbonyl (C=O) groups excluding carboxylic acids is 1. The van der Waals surface area contributed by atoms with Gasteiger partial charge in [0.15, 0.2) is 0 Å². The number of hydrogen-bond donors (Lipinski definition) is 1. The standard InChI is InChI=1S/C24H23F2N5O3/c25-19-12-18(13-20(26)14-19)24(32)28-21-6-7-23(27-15-21)30-9-3-8-29(10-11-30)16-17-4-1-2-5-22(17)31(33)34/h1-2,4-7,12-15H,3,8-11,16H2,(H,28,32). The molecule has 10 heteroatoms. The lowest BCUT2D eigenvalue weighted by atomic mass is 10.1. The number of anilines is 2. The van der Waals surface area contributed by atoms with E-state index >= 15 is 0 Å². The first kappa shape index (κ1) is 23.2. The zero-order chi connectivity index (χ0) is 24.1. The maximum atomic E-state index is 13.4. The van der Waals surface area contributed by atoms with Crippen molar-refractivity contribution in [1.29, 1.82) is 0 Å². The second-order valence-electron chi connectivity index (χ2n) is 8.02. The zero-order valence-electron chi connectivity index (χ0n) is 18.3. The average molecular weight is 467 g/mol. The Kier molecular flexibility index (Phi) is 7.07. The Morgan fingerprint density at radius 3 is 2.50 bits per heavy atom. The zero-order valence-corrected chi connectivity index (χ0v) is 18.3. The Bertz CT molecular complexity index is 1170. The van der Waals surface area contributed by atoms with E-state index in [9.17, 15) is 23.7 Å². The van der Waals surface area contributed by atoms with Crippen LogP contribution in [0.4, 0.5) is 26.0 Å². The van der Waals surface area contributed by atoms with Crippen LogP contribution in [0.1, 0.15) is 22.3 Å². The van der Waals surface area contributed by atoms with Gasteiger partial charge >= 0.3 is 0 Å². The molecule has 1 saturated heterocycles. The lowest BCUT2D eigenvalue weighted by Gasteiger charge is -2.23. The average Bonchev–Trinajstić information content (AvgIpc) is 3.05. The number of amides is 1. The van der Waals surface area contributed by atoms with Crippen molar-refractivity contribution in [2.24, 2.45) is 0 Å². The number of para-hydroxylation sites is 1. The third kappa shape index (κ3) is 5.70. The summed E-state index contributed by atoms with van der Waals surface area (Å²) in [6.45, 7) is 3.50. The molecule has 1 fully saturated rings. The van der Waals surface area contributed by atoms with Crippen LogP contribution in [-0.2, 0) is 6.54 Å². The van der Waals surface area contributed by atoms with Gasteiger partial charge < -0.3 is 10.2 Å². The number of hydrogen-bond acceptors (Lipinski definition) is 6. The summed E-state index contributed by atoms with van der Waals surface area (Å²) in [5.41, 5.74) is 1.11. The number of carbonyl (C=O) groups is 1. The molecular weight excluding hydrogens is 444 g/mol. The van der Waals surface area contributed by atoms with Crippen molar-refractivity contribution in [2.75, 3.05) is 36.4 Å². The van der Waals surface area contributed by atoms with Crippen LogP contribution in [0.15, 0.2) is 60.8 Å². The van der Waals surface area contributed by atoms with Gasteiger partial charge in [-0.05, 0) is 30.7 Å². The van der Waals surface area contributed by atoms with E-state index in [-0.39, 0.29) is 16.2 Å². The number of benzene rings is 2. The van der Waals surface area contributed by atoms with Crippen LogP contribution >= 0.6 is 0 Å². The molecule has 0 saturated carbocycles. The summed E-state index contributed by atoms with van der Waals surface area (Å²) in [4.78, 5) is 31.9. The van der Waals surface area contributed by atoms with Gasteiger partial charge in [-0.1, -0.05) is 18.2 Å². The van der Waals surface area contributed by atoms with Crippen molar-refractivity contribution in [3.8, 4) is 0 Å². The molecule has 2 heterocycles. The predicted octanol–water partition coefficient (Wildman–Crippen LogP) is 4.23. The summed E-state index contributed by atoms with van der Waals surface area (Å²) in [5.74, 6) is -1.54. The molecule has 0 radical (unpaired) electrons. The number of nitrogens with zero attached hydrogens (tertiary/aromatic N) is 4. The number of halogens is 2. The summed E-state index contributed by atoms with van der Waals surface area (Å²) in [6, 6.07) is 12.9. The van der Waals surface area contributed by atoms with Crippen molar-refractivity contribution in [1.82, 2.24) is 9.88 Å². The molecule has 4 rings (SSSR count). The highest BCUT2D eigenvalue weighted by atomic mass is 19.1. The first-order valence-corrected chi connectivity index (χ1v) is 10.8. The third-order valence-corrected chi connectivity index (χ3v) is 5.63. The molecule has 176 valence electrons. The molecular formula is C24H23F2N5O3. The quantitative estimate of drug-likeness (QED) is 0.431. The fourth-order valence-corrected chi connectivity index (χ4v) is 3.96. The molecule has 0 spiro atoms. The molecule has 1 aliphatic rings. The van der Waals surface area contributed by atoms with Crippen molar-refractivity contribution in [3.05, 3.63) is 93.7 Å². The van der Waals surface area contributed by atoms with Crippen LogP contribution in [0.3, 0.4) is 0 Å². The normalized spacial score (nSPS) is 14.5. The summed E-state index contributed by atoms with van der Waals surface area (Å²) in [7, 11) is 0. The summed E-state index contributed by atoms with van der Waals surface area (Å²) < 4.78 is 26.7. The monoisotopic (exact) mass is 467 g/mol. The van der Waals surface area contributed by atoms with Crippen molar-refractivity contribution < 1.29 is 18.5 Å². The Labute approximate surface area is 195 Å². The topological polar surface area (TPSA) is 91.6 Å². The molecule has 34 heavy (non-hydrogen) atoms. The van der Waals surface area contributed by atoms with Crippen molar-refractivity contribution in [2.45, 2.75) is 13.0 Å². The lowest BCUT2D eigenvalue weighted by molar-refractivity contribution is -0.385. The Morgan fingerprint density at radius 1 is 1.03 bits per heavy atom. The lowest BCUT2D eigenvalue weighted by Crippen LogP contribution is -2.31. The second-order valence-corrected chi connectivity index (χ2v) is 8.02. The van der Waals surface area contributed by atoms with Gasteiger partial charge in [-0.2, -0.15) is 0 Å². The van der Waals surface area contributed by atoms with E-state index < -0.39 is 17.5 Å². The highest BCUT2D eigenvalue weighted by Crippen LogP contribution is 2.22. The predicted molar refractivity (Wildman–Crippen MR) is 124 cm³/mol. The number of aromatic nitrogens is 1. The molecule has 8 nitrogen and oxygen atoms in total. The van der Waals surface area contributed by atoms with E-state index in [4.69, 9.17) is 0 Å². The van der Waals surface area contributed by atoms with Gasteiger partial charge in [0.05, 0.1) is 16.8 Å². The van der Waals surface area contributed by atoms with Crippen molar-refractivity contribution in [3.63, 3.8) is 0 Å². The maximum absolute atomic E-state index is 13.4. The van der Waals surface area contributed by atoms with E-state index in [0.717, 1.165) is 44.0 Å². The van der Waals surface area contributed by atoms with Gasteiger partial charge in [-0.3, -0.25) is 19.8 Å². The Balaban J connectivity index is 1.36. The Hall–Kier alpha value is -3.92. The van der Waals surface area contributed by atoms with Crippen LogP contribution in [0.2, 0.25) is 0 Å². The van der Waals surface area contributed by atoms with Gasteiger partial charge in [0, 0.05) is 56.0 Å². The van der Waals surface area contributed by atoms with Gasteiger partial charge in [0.2, 0.25) is 0 Å². The van der Waals surface area contributed by atoms with Crippen LogP contribution in [-0.4, -0.2) is 46.9 Å². The van der Waals surface area contributed by atoms with E-state index in [0.29, 0.717) is 30.4 Å². The molecule has 1 amide bonds. The minimum absolute atomic E-state index is 0.118. The number of nitrogens with one attached hydrogen (secondary N) is 1. The molecule has 1 aromatic heterocycles. The second kappa shape index (κ2) is 10.3. The number of nitro groups is 1. The highest BCUT2D eigenvalue weighted by Gasteiger charge is 2.20. The first-order chi connectivity index (χ1) is 16.4. The molecule has 0 atom stereocenters. The van der Waals surface area contributed by atoms with Gasteiger partial charge in [0.25, 0.3) is 11.6 Å². The van der Waals surface area contributed by atoms with Crippen LogP contribution in [0.5, 0.6) is 0 Å². The van der Waals surface area contributed by atoms with E-state index in [1.54, 1.807) is 24.3 Å². The van der Waals surface area contributed by atoms with Crippen LogP contribution < -0.4 is 10.2 Å². The fraction of sp³-hybridized carbons (Fsp3) is 0.250. The first-order valence-electron chi connectivity index (χ1n) is 10.8. The molecule has 2 aromatic carbocycles. The molecule has 0 unspecified atom stereocenters. The largest absolute Gasteiger partial charge is 0.355 e.